The Bertz CT molecular complexity index is 723. The van der Waals surface area contributed by atoms with Crippen LogP contribution < -0.4 is 5.32 Å². The molecule has 0 saturated carbocycles. The summed E-state index contributed by atoms with van der Waals surface area (Å²) >= 11 is 0. The lowest BCUT2D eigenvalue weighted by Gasteiger charge is -2.46. The third-order valence-electron chi connectivity index (χ3n) is 6.95. The quantitative estimate of drug-likeness (QED) is 0.192. The van der Waals surface area contributed by atoms with Gasteiger partial charge in [0.1, 0.15) is 6.10 Å². The van der Waals surface area contributed by atoms with Crippen LogP contribution in [0.2, 0.25) is 18.1 Å². The summed E-state index contributed by atoms with van der Waals surface area (Å²) in [6, 6.07) is 0. The molecular formula is C26H47NO5Si. The molecule has 1 rings (SSSR count). The molecule has 0 spiro atoms. The average molecular weight is 482 g/mol. The van der Waals surface area contributed by atoms with E-state index in [9.17, 15) is 9.59 Å². The van der Waals surface area contributed by atoms with Crippen molar-refractivity contribution in [2.75, 3.05) is 13.2 Å². The van der Waals surface area contributed by atoms with Crippen molar-refractivity contribution in [3.8, 4) is 0 Å². The maximum Gasteiger partial charge on any atom is 0.331 e. The van der Waals surface area contributed by atoms with Gasteiger partial charge in [-0.05, 0) is 69.7 Å². The van der Waals surface area contributed by atoms with E-state index in [0.29, 0.717) is 19.1 Å². The van der Waals surface area contributed by atoms with Crippen LogP contribution in [0.5, 0.6) is 0 Å². The molecule has 1 aliphatic heterocycles. The van der Waals surface area contributed by atoms with Gasteiger partial charge in [0.05, 0.1) is 18.8 Å². The van der Waals surface area contributed by atoms with Crippen LogP contribution in [-0.2, 0) is 23.5 Å². The van der Waals surface area contributed by atoms with Gasteiger partial charge in [-0.2, -0.15) is 0 Å². The van der Waals surface area contributed by atoms with Crippen LogP contribution >= 0.6 is 0 Å². The lowest BCUT2D eigenvalue weighted by atomic mass is 9.88. The van der Waals surface area contributed by atoms with E-state index in [-0.39, 0.29) is 35.2 Å². The molecule has 1 N–H and O–H groups in total. The number of hydrogen-bond donors (Lipinski definition) is 1. The second kappa shape index (κ2) is 12.9. The average Bonchev–Trinajstić information content (AvgIpc) is 2.67. The molecule has 4 atom stereocenters. The number of rotatable bonds is 10. The minimum Gasteiger partial charge on any atom is -0.463 e. The summed E-state index contributed by atoms with van der Waals surface area (Å²) in [6.45, 7) is 21.6. The van der Waals surface area contributed by atoms with Gasteiger partial charge in [0.2, 0.25) is 5.91 Å². The molecule has 1 aliphatic rings. The number of nitrogens with one attached hydrogen (secondary N) is 1. The molecule has 1 saturated heterocycles. The fraction of sp³-hybridized carbons (Fsp3) is 0.769. The van der Waals surface area contributed by atoms with Gasteiger partial charge < -0.3 is 19.2 Å². The fourth-order valence-corrected chi connectivity index (χ4v) is 5.03. The summed E-state index contributed by atoms with van der Waals surface area (Å²) in [5.74, 6) is 0.000986. The molecule has 0 unspecified atom stereocenters. The zero-order valence-corrected chi connectivity index (χ0v) is 23.5. The first kappa shape index (κ1) is 29.6. The Hall–Kier alpha value is -1.44. The molecule has 7 heteroatoms. The van der Waals surface area contributed by atoms with Crippen molar-refractivity contribution in [2.45, 2.75) is 111 Å². The molecule has 1 fully saturated rings. The zero-order chi connectivity index (χ0) is 25.4. The molecule has 1 heterocycles. The van der Waals surface area contributed by atoms with Gasteiger partial charge in [-0.15, -0.1) is 0 Å². The highest BCUT2D eigenvalue weighted by molar-refractivity contribution is 6.74. The van der Waals surface area contributed by atoms with Crippen LogP contribution in [0.3, 0.4) is 0 Å². The lowest BCUT2D eigenvalue weighted by Crippen LogP contribution is -2.54. The zero-order valence-electron chi connectivity index (χ0n) is 22.5. The smallest absolute Gasteiger partial charge is 0.331 e. The maximum atomic E-state index is 11.7. The second-order valence-electron chi connectivity index (χ2n) is 10.8. The first-order chi connectivity index (χ1) is 15.2. The molecule has 1 amide bonds. The van der Waals surface area contributed by atoms with E-state index in [1.807, 2.05) is 13.8 Å². The van der Waals surface area contributed by atoms with E-state index in [4.69, 9.17) is 13.9 Å². The summed E-state index contributed by atoms with van der Waals surface area (Å²) in [7, 11) is -1.96. The first-order valence-corrected chi connectivity index (χ1v) is 15.2. The van der Waals surface area contributed by atoms with Crippen LogP contribution in [0, 0.1) is 5.92 Å². The molecule has 33 heavy (non-hydrogen) atoms. The van der Waals surface area contributed by atoms with Gasteiger partial charge >= 0.3 is 5.97 Å². The van der Waals surface area contributed by atoms with Crippen molar-refractivity contribution in [3.05, 3.63) is 23.3 Å². The van der Waals surface area contributed by atoms with Gasteiger partial charge in [0.25, 0.3) is 0 Å². The van der Waals surface area contributed by atoms with Gasteiger partial charge in [-0.25, -0.2) is 4.79 Å². The van der Waals surface area contributed by atoms with Crippen LogP contribution in [-0.4, -0.2) is 51.7 Å². The lowest BCUT2D eigenvalue weighted by molar-refractivity contribution is -0.140. The normalized spacial score (nSPS) is 25.0. The highest BCUT2D eigenvalue weighted by Crippen LogP contribution is 2.40. The number of carbonyl (C=O) groups is 2. The van der Waals surface area contributed by atoms with Crippen LogP contribution in [0.15, 0.2) is 23.3 Å². The Morgan fingerprint density at radius 2 is 1.76 bits per heavy atom. The highest BCUT2D eigenvalue weighted by Gasteiger charge is 2.44. The summed E-state index contributed by atoms with van der Waals surface area (Å²) in [5.41, 5.74) is 1.98. The van der Waals surface area contributed by atoms with Gasteiger partial charge in [0, 0.05) is 19.5 Å². The molecule has 0 aromatic heterocycles. The largest absolute Gasteiger partial charge is 0.463 e. The number of carbonyl (C=O) groups excluding carboxylic acids is 2. The number of hydrogen-bond acceptors (Lipinski definition) is 5. The van der Waals surface area contributed by atoms with Crippen molar-refractivity contribution < 1.29 is 23.5 Å². The first-order valence-electron chi connectivity index (χ1n) is 12.3. The van der Waals surface area contributed by atoms with Gasteiger partial charge in [-0.3, -0.25) is 4.79 Å². The third kappa shape index (κ3) is 9.75. The van der Waals surface area contributed by atoms with E-state index in [1.165, 1.54) is 6.92 Å². The Morgan fingerprint density at radius 1 is 1.12 bits per heavy atom. The Kier molecular flexibility index (Phi) is 11.5. The molecular weight excluding hydrogens is 434 g/mol. The minimum atomic E-state index is -1.96. The van der Waals surface area contributed by atoms with Crippen molar-refractivity contribution in [1.82, 2.24) is 5.32 Å². The van der Waals surface area contributed by atoms with Crippen LogP contribution in [0.1, 0.15) is 74.7 Å². The summed E-state index contributed by atoms with van der Waals surface area (Å²) in [4.78, 5) is 23.2. The van der Waals surface area contributed by atoms with Gasteiger partial charge in [-0.1, -0.05) is 39.3 Å². The molecule has 190 valence electrons. The predicted octanol–water partition coefficient (Wildman–Crippen LogP) is 5.54. The third-order valence-corrected chi connectivity index (χ3v) is 11.5. The van der Waals surface area contributed by atoms with Crippen molar-refractivity contribution in [2.24, 2.45) is 5.92 Å². The molecule has 0 radical (unpaired) electrons. The van der Waals surface area contributed by atoms with Gasteiger partial charge in [0.15, 0.2) is 8.32 Å². The van der Waals surface area contributed by atoms with E-state index in [1.54, 1.807) is 13.0 Å². The monoisotopic (exact) mass is 481 g/mol. The number of allylic oxidation sites excluding steroid dienone is 3. The van der Waals surface area contributed by atoms with Crippen molar-refractivity contribution >= 4 is 20.2 Å². The van der Waals surface area contributed by atoms with Crippen LogP contribution in [0.4, 0.5) is 0 Å². The Labute approximate surface area is 202 Å². The number of esters is 1. The molecule has 0 aromatic rings. The van der Waals surface area contributed by atoms with Crippen molar-refractivity contribution in [3.63, 3.8) is 0 Å². The summed E-state index contributed by atoms with van der Waals surface area (Å²) in [6.07, 6.45) is 6.29. The van der Waals surface area contributed by atoms with Crippen molar-refractivity contribution in [1.29, 1.82) is 0 Å². The Balaban J connectivity index is 2.84. The Morgan fingerprint density at radius 3 is 2.30 bits per heavy atom. The molecule has 0 aliphatic carbocycles. The topological polar surface area (TPSA) is 73.9 Å². The number of ether oxygens (including phenoxy) is 2. The minimum absolute atomic E-state index is 0.0176. The standard InChI is InChI=1S/C26H47NO5Si/c1-11-30-25(29)16-19(3)18(2)13-12-14-22-20(4)15-23(24(31-22)17-27-21(5)28)32-33(9,10)26(6,7)8/h13,16,20,22-24H,11-12,14-15,17H2,1-10H3,(H,27,28)/b18-13+,19-16+/t20-,22-,23-,24+/m0/s1. The highest BCUT2D eigenvalue weighted by atomic mass is 28.4. The number of amides is 1. The molecule has 0 aromatic carbocycles. The van der Waals surface area contributed by atoms with Crippen LogP contribution in [0.25, 0.3) is 0 Å². The maximum absolute atomic E-state index is 11.7. The van der Waals surface area contributed by atoms with E-state index in [2.05, 4.69) is 52.2 Å². The van der Waals surface area contributed by atoms with E-state index >= 15 is 0 Å². The summed E-state index contributed by atoms with van der Waals surface area (Å²) in [5, 5.41) is 3.05. The SMILES string of the molecule is CCOC(=O)/C=C(C)/C(C)=C/CC[C@@H]1O[C@H](CNC(C)=O)[C@@H](O[Si](C)(C)C(C)(C)C)C[C@@H]1C. The fourth-order valence-electron chi connectivity index (χ4n) is 3.67. The molecule has 0 bridgehead atoms. The summed E-state index contributed by atoms with van der Waals surface area (Å²) < 4.78 is 18.3. The molecule has 6 nitrogen and oxygen atoms in total. The second-order valence-corrected chi connectivity index (χ2v) is 15.6. The predicted molar refractivity (Wildman–Crippen MR) is 137 cm³/mol. The van der Waals surface area contributed by atoms with E-state index in [0.717, 1.165) is 30.4 Å². The van der Waals surface area contributed by atoms with E-state index < -0.39 is 8.32 Å².